The molecule has 2 heteroatoms. The van der Waals surface area contributed by atoms with E-state index in [1.54, 1.807) is 0 Å². The molecule has 0 aromatic carbocycles. The van der Waals surface area contributed by atoms with Gasteiger partial charge in [0.1, 0.15) is 6.10 Å². The van der Waals surface area contributed by atoms with Gasteiger partial charge in [-0.05, 0) is 43.4 Å². The van der Waals surface area contributed by atoms with E-state index in [4.69, 9.17) is 4.74 Å². The molecule has 0 aliphatic carbocycles. The number of hydrogen-bond acceptors (Lipinski definition) is 2. The van der Waals surface area contributed by atoms with Crippen LogP contribution in [-0.4, -0.2) is 12.1 Å². The van der Waals surface area contributed by atoms with Crippen molar-refractivity contribution in [2.24, 2.45) is 17.8 Å². The van der Waals surface area contributed by atoms with Gasteiger partial charge in [0, 0.05) is 6.42 Å². The zero-order chi connectivity index (χ0) is 19.1. The summed E-state index contributed by atoms with van der Waals surface area (Å²) in [6, 6.07) is 0. The number of carbonyl (C=O) groups excluding carboxylic acids is 1. The number of allylic oxidation sites excluding steroid dienone is 2. The lowest BCUT2D eigenvalue weighted by Crippen LogP contribution is -2.28. The minimum absolute atomic E-state index is 0.0172. The van der Waals surface area contributed by atoms with E-state index in [0.29, 0.717) is 18.3 Å². The lowest BCUT2D eigenvalue weighted by Gasteiger charge is -2.24. The fourth-order valence-electron chi connectivity index (χ4n) is 3.27. The topological polar surface area (TPSA) is 26.3 Å². The number of esters is 1. The Labute approximate surface area is 157 Å². The van der Waals surface area contributed by atoms with Crippen molar-refractivity contribution in [3.05, 3.63) is 12.2 Å². The predicted octanol–water partition coefficient (Wildman–Crippen LogP) is 7.32. The summed E-state index contributed by atoms with van der Waals surface area (Å²) in [6.07, 6.45) is 16.4. The highest BCUT2D eigenvalue weighted by Crippen LogP contribution is 2.18. The maximum Gasteiger partial charge on any atom is 0.306 e. The molecule has 2 nitrogen and oxygen atoms in total. The van der Waals surface area contributed by atoms with Crippen molar-refractivity contribution < 1.29 is 9.53 Å². The molecule has 0 aromatic rings. The van der Waals surface area contributed by atoms with E-state index >= 15 is 0 Å². The van der Waals surface area contributed by atoms with E-state index in [1.807, 2.05) is 0 Å². The van der Waals surface area contributed by atoms with Crippen LogP contribution >= 0.6 is 0 Å². The maximum atomic E-state index is 11.9. The molecule has 0 bridgehead atoms. The average molecular weight is 353 g/mol. The fraction of sp³-hybridized carbons (Fsp3) is 0.870. The van der Waals surface area contributed by atoms with Crippen molar-refractivity contribution >= 4 is 5.97 Å². The normalized spacial score (nSPS) is 13.3. The second-order valence-corrected chi connectivity index (χ2v) is 8.30. The Kier molecular flexibility index (Phi) is 15.0. The third-order valence-corrected chi connectivity index (χ3v) is 4.81. The summed E-state index contributed by atoms with van der Waals surface area (Å²) < 4.78 is 5.64. The minimum Gasteiger partial charge on any atom is -0.462 e. The SMILES string of the molecule is CCCCC(C)/C=C\CCCCCCCC(=O)OC(C(C)C)C(C)C. The predicted molar refractivity (Wildman–Crippen MR) is 110 cm³/mol. The molecule has 0 rings (SSSR count). The van der Waals surface area contributed by atoms with Crippen molar-refractivity contribution in [2.75, 3.05) is 0 Å². The number of carbonyl (C=O) groups is 1. The van der Waals surface area contributed by atoms with Gasteiger partial charge in [-0.3, -0.25) is 4.79 Å². The Bertz CT molecular complexity index is 336. The summed E-state index contributed by atoms with van der Waals surface area (Å²) in [5, 5.41) is 0. The molecule has 0 fully saturated rings. The highest BCUT2D eigenvalue weighted by Gasteiger charge is 2.21. The molecule has 1 atom stereocenters. The molecule has 0 radical (unpaired) electrons. The Morgan fingerprint density at radius 3 is 2.08 bits per heavy atom. The van der Waals surface area contributed by atoms with E-state index < -0.39 is 0 Å². The van der Waals surface area contributed by atoms with Crippen LogP contribution < -0.4 is 0 Å². The molecule has 0 saturated carbocycles. The monoisotopic (exact) mass is 352 g/mol. The fourth-order valence-corrected chi connectivity index (χ4v) is 3.27. The van der Waals surface area contributed by atoms with Crippen molar-refractivity contribution in [1.29, 1.82) is 0 Å². The van der Waals surface area contributed by atoms with Crippen LogP contribution in [0.15, 0.2) is 12.2 Å². The lowest BCUT2D eigenvalue weighted by atomic mass is 9.96. The number of unbranched alkanes of at least 4 members (excludes halogenated alkanes) is 6. The van der Waals surface area contributed by atoms with Crippen molar-refractivity contribution in [2.45, 2.75) is 112 Å². The van der Waals surface area contributed by atoms with E-state index in [2.05, 4.69) is 53.7 Å². The Morgan fingerprint density at radius 2 is 1.48 bits per heavy atom. The summed E-state index contributed by atoms with van der Waals surface area (Å²) in [5.74, 6) is 1.49. The summed E-state index contributed by atoms with van der Waals surface area (Å²) in [4.78, 5) is 11.9. The Hall–Kier alpha value is -0.790. The first-order valence-corrected chi connectivity index (χ1v) is 10.7. The summed E-state index contributed by atoms with van der Waals surface area (Å²) in [5.41, 5.74) is 0. The minimum atomic E-state index is -0.0172. The molecule has 0 aliphatic heterocycles. The molecule has 0 aromatic heterocycles. The highest BCUT2D eigenvalue weighted by atomic mass is 16.5. The summed E-state index contributed by atoms with van der Waals surface area (Å²) in [7, 11) is 0. The van der Waals surface area contributed by atoms with Gasteiger partial charge in [0.2, 0.25) is 0 Å². The smallest absolute Gasteiger partial charge is 0.306 e. The maximum absolute atomic E-state index is 11.9. The standard InChI is InChI=1S/C23H44O2/c1-7-8-16-21(6)17-14-12-10-9-11-13-15-18-22(24)25-23(19(2)3)20(4)5/h14,17,19-21,23H,7-13,15-16,18H2,1-6H3/b17-14-. The Morgan fingerprint density at radius 1 is 0.880 bits per heavy atom. The molecule has 148 valence electrons. The van der Waals surface area contributed by atoms with Crippen LogP contribution in [0.4, 0.5) is 0 Å². The van der Waals surface area contributed by atoms with Crippen LogP contribution in [0.2, 0.25) is 0 Å². The molecule has 25 heavy (non-hydrogen) atoms. The van der Waals surface area contributed by atoms with Gasteiger partial charge in [-0.2, -0.15) is 0 Å². The van der Waals surface area contributed by atoms with E-state index in [-0.39, 0.29) is 12.1 Å². The zero-order valence-electron chi connectivity index (χ0n) is 17.9. The molecular formula is C23H44O2. The number of ether oxygens (including phenoxy) is 1. The van der Waals surface area contributed by atoms with Gasteiger partial charge in [-0.25, -0.2) is 0 Å². The molecule has 0 N–H and O–H groups in total. The van der Waals surface area contributed by atoms with Crippen LogP contribution in [-0.2, 0) is 9.53 Å². The highest BCUT2D eigenvalue weighted by molar-refractivity contribution is 5.69. The number of hydrogen-bond donors (Lipinski definition) is 0. The first-order chi connectivity index (χ1) is 11.9. The molecule has 0 amide bonds. The van der Waals surface area contributed by atoms with E-state index in [0.717, 1.165) is 18.8 Å². The molecular weight excluding hydrogens is 308 g/mol. The number of rotatable bonds is 15. The average Bonchev–Trinajstić information content (AvgIpc) is 2.55. The largest absolute Gasteiger partial charge is 0.462 e. The quantitative estimate of drug-likeness (QED) is 0.175. The molecule has 0 saturated heterocycles. The van der Waals surface area contributed by atoms with Gasteiger partial charge in [-0.15, -0.1) is 0 Å². The van der Waals surface area contributed by atoms with Crippen LogP contribution in [0.1, 0.15) is 106 Å². The van der Waals surface area contributed by atoms with Gasteiger partial charge in [0.25, 0.3) is 0 Å². The van der Waals surface area contributed by atoms with Crippen LogP contribution in [0.3, 0.4) is 0 Å². The van der Waals surface area contributed by atoms with Crippen molar-refractivity contribution in [1.82, 2.24) is 0 Å². The van der Waals surface area contributed by atoms with E-state index in [9.17, 15) is 4.79 Å². The van der Waals surface area contributed by atoms with Crippen LogP contribution in [0.5, 0.6) is 0 Å². The van der Waals surface area contributed by atoms with Gasteiger partial charge >= 0.3 is 5.97 Å². The first kappa shape index (κ1) is 24.2. The molecule has 1 unspecified atom stereocenters. The molecule has 0 aliphatic rings. The van der Waals surface area contributed by atoms with E-state index in [1.165, 1.54) is 44.9 Å². The summed E-state index contributed by atoms with van der Waals surface area (Å²) in [6.45, 7) is 13.1. The van der Waals surface area contributed by atoms with Gasteiger partial charge < -0.3 is 4.74 Å². The van der Waals surface area contributed by atoms with Crippen molar-refractivity contribution in [3.8, 4) is 0 Å². The molecule has 0 heterocycles. The van der Waals surface area contributed by atoms with Gasteiger partial charge in [-0.1, -0.05) is 85.8 Å². The second kappa shape index (κ2) is 15.5. The third kappa shape index (κ3) is 14.1. The molecule has 0 spiro atoms. The van der Waals surface area contributed by atoms with Gasteiger partial charge in [0.05, 0.1) is 0 Å². The van der Waals surface area contributed by atoms with Gasteiger partial charge in [0.15, 0.2) is 0 Å². The lowest BCUT2D eigenvalue weighted by molar-refractivity contribution is -0.154. The Balaban J connectivity index is 3.60. The third-order valence-electron chi connectivity index (χ3n) is 4.81. The second-order valence-electron chi connectivity index (χ2n) is 8.30. The van der Waals surface area contributed by atoms with Crippen molar-refractivity contribution in [3.63, 3.8) is 0 Å². The van der Waals surface area contributed by atoms with Crippen LogP contribution in [0.25, 0.3) is 0 Å². The summed E-state index contributed by atoms with van der Waals surface area (Å²) >= 11 is 0. The zero-order valence-corrected chi connectivity index (χ0v) is 17.9. The van der Waals surface area contributed by atoms with Crippen LogP contribution in [0, 0.1) is 17.8 Å². The first-order valence-electron chi connectivity index (χ1n) is 10.7.